The summed E-state index contributed by atoms with van der Waals surface area (Å²) in [5, 5.41) is 11.7. The summed E-state index contributed by atoms with van der Waals surface area (Å²) in [5.41, 5.74) is 3.06. The van der Waals surface area contributed by atoms with Crippen LogP contribution in [0.3, 0.4) is 0 Å². The highest BCUT2D eigenvalue weighted by Crippen LogP contribution is 2.45. The second kappa shape index (κ2) is 10.6. The van der Waals surface area contributed by atoms with Gasteiger partial charge in [0.05, 0.1) is 17.3 Å². The topological polar surface area (TPSA) is 71.1 Å². The molecule has 0 aliphatic heterocycles. The quantitative estimate of drug-likeness (QED) is 0.304. The molecule has 2 fully saturated rings. The first kappa shape index (κ1) is 23.6. The van der Waals surface area contributed by atoms with Gasteiger partial charge in [0.1, 0.15) is 5.82 Å². The Kier molecular flexibility index (Phi) is 7.77. The van der Waals surface area contributed by atoms with E-state index in [0.717, 1.165) is 68.0 Å². The second-order valence-electron chi connectivity index (χ2n) is 9.42. The van der Waals surface area contributed by atoms with Crippen LogP contribution in [0.4, 0.5) is 11.5 Å². The van der Waals surface area contributed by atoms with Crippen LogP contribution in [-0.2, 0) is 4.74 Å². The van der Waals surface area contributed by atoms with E-state index in [9.17, 15) is 0 Å². The van der Waals surface area contributed by atoms with Gasteiger partial charge in [0.2, 0.25) is 0 Å². The average Bonchev–Trinajstić information content (AvgIpc) is 3.53. The predicted molar refractivity (Wildman–Crippen MR) is 133 cm³/mol. The first-order valence-electron chi connectivity index (χ1n) is 11.5. The number of hydrogen-bond acceptors (Lipinski definition) is 6. The van der Waals surface area contributed by atoms with Crippen molar-refractivity contribution in [2.45, 2.75) is 57.5 Å². The predicted octanol–water partition coefficient (Wildman–Crippen LogP) is 5.62. The van der Waals surface area contributed by atoms with Crippen LogP contribution < -0.4 is 16.0 Å². The van der Waals surface area contributed by atoms with Crippen molar-refractivity contribution in [3.05, 3.63) is 34.7 Å². The fourth-order valence-corrected chi connectivity index (χ4v) is 4.56. The molecule has 2 saturated carbocycles. The molecule has 0 aromatic carbocycles. The molecule has 0 atom stereocenters. The maximum Gasteiger partial charge on any atom is 0.152 e. The van der Waals surface area contributed by atoms with Gasteiger partial charge in [-0.2, -0.15) is 0 Å². The molecule has 174 valence electrons. The zero-order chi connectivity index (χ0) is 22.6. The molecule has 0 spiro atoms. The fraction of sp³-hybridized carbons (Fsp3) is 0.583. The van der Waals surface area contributed by atoms with E-state index in [1.807, 2.05) is 12.1 Å². The van der Waals surface area contributed by atoms with Crippen molar-refractivity contribution < 1.29 is 4.74 Å². The number of halogens is 2. The minimum atomic E-state index is 0.378. The highest BCUT2D eigenvalue weighted by atomic mass is 35.5. The van der Waals surface area contributed by atoms with Crippen molar-refractivity contribution in [3.63, 3.8) is 0 Å². The zero-order valence-corrected chi connectivity index (χ0v) is 20.4. The molecule has 8 heteroatoms. The number of rotatable bonds is 10. The number of methoxy groups -OCH3 is 1. The monoisotopic (exact) mass is 477 g/mol. The maximum absolute atomic E-state index is 6.51. The largest absolute Gasteiger partial charge is 0.383 e. The Hall–Kier alpha value is -1.60. The molecule has 4 rings (SSSR count). The van der Waals surface area contributed by atoms with E-state index in [1.54, 1.807) is 19.5 Å². The summed E-state index contributed by atoms with van der Waals surface area (Å²) >= 11 is 12.9. The molecular weight excluding hydrogens is 445 g/mol. The van der Waals surface area contributed by atoms with Gasteiger partial charge in [0, 0.05) is 55.8 Å². The van der Waals surface area contributed by atoms with Gasteiger partial charge >= 0.3 is 0 Å². The zero-order valence-electron chi connectivity index (χ0n) is 18.9. The van der Waals surface area contributed by atoms with Crippen LogP contribution in [0.2, 0.25) is 10.2 Å². The van der Waals surface area contributed by atoms with Crippen LogP contribution in [0.5, 0.6) is 0 Å². The Bertz CT molecular complexity index is 913. The van der Waals surface area contributed by atoms with E-state index in [2.05, 4.69) is 32.8 Å². The lowest BCUT2D eigenvalue weighted by atomic mass is 9.91. The Labute approximate surface area is 200 Å². The summed E-state index contributed by atoms with van der Waals surface area (Å²) in [5.74, 6) is 0.843. The lowest BCUT2D eigenvalue weighted by Crippen LogP contribution is -2.38. The first-order valence-corrected chi connectivity index (χ1v) is 12.3. The molecule has 3 N–H and O–H groups in total. The van der Waals surface area contributed by atoms with Gasteiger partial charge in [-0.15, -0.1) is 0 Å². The summed E-state index contributed by atoms with van der Waals surface area (Å²) in [4.78, 5) is 8.91. The molecule has 0 radical (unpaired) electrons. The van der Waals surface area contributed by atoms with Gasteiger partial charge in [0.15, 0.2) is 5.15 Å². The summed E-state index contributed by atoms with van der Waals surface area (Å²) in [7, 11) is 1.74. The molecule has 0 amide bonds. The first-order chi connectivity index (χ1) is 15.5. The summed E-state index contributed by atoms with van der Waals surface area (Å²) < 4.78 is 5.13. The van der Waals surface area contributed by atoms with Crippen molar-refractivity contribution in [1.82, 2.24) is 15.3 Å². The Morgan fingerprint density at radius 2 is 1.81 bits per heavy atom. The summed E-state index contributed by atoms with van der Waals surface area (Å²) in [6, 6.07) is 5.03. The number of ether oxygens (including phenoxy) is 1. The molecule has 2 aliphatic carbocycles. The second-order valence-corrected chi connectivity index (χ2v) is 10.2. The molecule has 2 aromatic rings. The third-order valence-electron chi connectivity index (χ3n) is 6.63. The molecular formula is C24H33Cl2N5O. The third-order valence-corrected chi connectivity index (χ3v) is 7.24. The van der Waals surface area contributed by atoms with Crippen LogP contribution in [-0.4, -0.2) is 48.9 Å². The number of aromatic nitrogens is 2. The third kappa shape index (κ3) is 6.25. The minimum absolute atomic E-state index is 0.378. The van der Waals surface area contributed by atoms with Crippen molar-refractivity contribution in [1.29, 1.82) is 0 Å². The Morgan fingerprint density at radius 1 is 1.06 bits per heavy atom. The van der Waals surface area contributed by atoms with Gasteiger partial charge in [-0.3, -0.25) is 0 Å². The van der Waals surface area contributed by atoms with Crippen molar-refractivity contribution in [3.8, 4) is 11.1 Å². The lowest BCUT2D eigenvalue weighted by molar-refractivity contribution is 0.191. The van der Waals surface area contributed by atoms with E-state index in [0.29, 0.717) is 27.7 Å². The van der Waals surface area contributed by atoms with Crippen LogP contribution in [0.25, 0.3) is 11.1 Å². The standard InChI is InChI=1S/C24H33Cl2N5O/c1-24(7-8-24)15-30-21-11-16(13-29-23(21)26)19-12-22(28-14-20(19)25)31-18-5-3-17(4-6-18)27-9-10-32-2/h11-14,17-18,27,30H,3-10,15H2,1-2H3,(H,28,31)/t17-,18-. The number of nitrogens with one attached hydrogen (secondary N) is 3. The smallest absolute Gasteiger partial charge is 0.152 e. The van der Waals surface area contributed by atoms with Crippen molar-refractivity contribution in [2.24, 2.45) is 5.41 Å². The van der Waals surface area contributed by atoms with Gasteiger partial charge in [-0.1, -0.05) is 30.1 Å². The number of nitrogens with zero attached hydrogens (tertiary/aromatic N) is 2. The van der Waals surface area contributed by atoms with E-state index in [1.165, 1.54) is 12.8 Å². The molecule has 2 aliphatic rings. The van der Waals surface area contributed by atoms with Gasteiger partial charge in [-0.25, -0.2) is 9.97 Å². The highest BCUT2D eigenvalue weighted by Gasteiger charge is 2.36. The van der Waals surface area contributed by atoms with E-state index in [-0.39, 0.29) is 0 Å². The number of hydrogen-bond donors (Lipinski definition) is 3. The Balaban J connectivity index is 1.40. The van der Waals surface area contributed by atoms with Crippen LogP contribution in [0.1, 0.15) is 45.4 Å². The molecule has 2 heterocycles. The van der Waals surface area contributed by atoms with Crippen molar-refractivity contribution in [2.75, 3.05) is 37.4 Å². The average molecular weight is 478 g/mol. The SMILES string of the molecule is COCCN[C@H]1CC[C@H](Nc2cc(-c3cnc(Cl)c(NCC4(C)CC4)c3)c(Cl)cn2)CC1. The van der Waals surface area contributed by atoms with Gasteiger partial charge < -0.3 is 20.7 Å². The van der Waals surface area contributed by atoms with E-state index < -0.39 is 0 Å². The molecule has 0 saturated heterocycles. The minimum Gasteiger partial charge on any atom is -0.383 e. The van der Waals surface area contributed by atoms with Crippen LogP contribution >= 0.6 is 23.2 Å². The summed E-state index contributed by atoms with van der Waals surface area (Å²) in [6.45, 7) is 4.85. The normalized spacial score (nSPS) is 21.9. The van der Waals surface area contributed by atoms with Gasteiger partial charge in [-0.05, 0) is 56.1 Å². The van der Waals surface area contributed by atoms with Crippen LogP contribution in [0, 0.1) is 5.41 Å². The van der Waals surface area contributed by atoms with E-state index in [4.69, 9.17) is 27.9 Å². The lowest BCUT2D eigenvalue weighted by Gasteiger charge is -2.30. The summed E-state index contributed by atoms with van der Waals surface area (Å²) in [6.07, 6.45) is 10.5. The fourth-order valence-electron chi connectivity index (χ4n) is 4.17. The highest BCUT2D eigenvalue weighted by molar-refractivity contribution is 6.33. The van der Waals surface area contributed by atoms with Crippen LogP contribution in [0.15, 0.2) is 24.5 Å². The van der Waals surface area contributed by atoms with E-state index >= 15 is 0 Å². The molecule has 32 heavy (non-hydrogen) atoms. The maximum atomic E-state index is 6.51. The number of anilines is 2. The molecule has 6 nitrogen and oxygen atoms in total. The molecule has 0 unspecified atom stereocenters. The molecule has 0 bridgehead atoms. The van der Waals surface area contributed by atoms with Crippen molar-refractivity contribution >= 4 is 34.7 Å². The Morgan fingerprint density at radius 3 is 2.53 bits per heavy atom. The molecule has 2 aromatic heterocycles. The number of pyridine rings is 2. The van der Waals surface area contributed by atoms with Gasteiger partial charge in [0.25, 0.3) is 0 Å².